The minimum absolute atomic E-state index is 0.138. The number of nitrogens with zero attached hydrogens (tertiary/aromatic N) is 4. The molecular weight excluding hydrogens is 335 g/mol. The van der Waals surface area contributed by atoms with Gasteiger partial charge in [0, 0.05) is 12.7 Å². The lowest BCUT2D eigenvalue weighted by atomic mass is 10.0. The van der Waals surface area contributed by atoms with E-state index in [0.29, 0.717) is 17.8 Å². The molecule has 3 heterocycles. The van der Waals surface area contributed by atoms with Crippen molar-refractivity contribution >= 4 is 17.4 Å². The summed E-state index contributed by atoms with van der Waals surface area (Å²) in [5.74, 6) is 0.107. The van der Waals surface area contributed by atoms with Crippen LogP contribution < -0.4 is 4.90 Å². The van der Waals surface area contributed by atoms with E-state index >= 15 is 0 Å². The zero-order valence-corrected chi connectivity index (χ0v) is 14.4. The molecule has 0 saturated carbocycles. The van der Waals surface area contributed by atoms with Crippen molar-refractivity contribution in [2.75, 3.05) is 18.1 Å². The van der Waals surface area contributed by atoms with Gasteiger partial charge in [0.2, 0.25) is 0 Å². The van der Waals surface area contributed by atoms with E-state index in [2.05, 4.69) is 15.0 Å². The normalized spacial score (nSPS) is 17.0. The number of aromatic nitrogens is 3. The van der Waals surface area contributed by atoms with Crippen LogP contribution in [0, 0.1) is 5.82 Å². The van der Waals surface area contributed by atoms with Crippen molar-refractivity contribution in [1.82, 2.24) is 14.6 Å². The van der Waals surface area contributed by atoms with Crippen LogP contribution in [0.5, 0.6) is 0 Å². The smallest absolute Gasteiger partial charge is 0.343 e. The Morgan fingerprint density at radius 3 is 2.88 bits per heavy atom. The van der Waals surface area contributed by atoms with Crippen LogP contribution in [0.4, 0.5) is 10.2 Å². The highest BCUT2D eigenvalue weighted by Crippen LogP contribution is 2.35. The summed E-state index contributed by atoms with van der Waals surface area (Å²) in [6.45, 7) is 2.92. The van der Waals surface area contributed by atoms with Gasteiger partial charge in [0.15, 0.2) is 5.65 Å². The van der Waals surface area contributed by atoms with Gasteiger partial charge in [0.05, 0.1) is 18.8 Å². The van der Waals surface area contributed by atoms with Crippen LogP contribution in [0.3, 0.4) is 0 Å². The summed E-state index contributed by atoms with van der Waals surface area (Å²) in [5.41, 5.74) is 1.89. The number of hydrogen-bond acceptors (Lipinski definition) is 5. The van der Waals surface area contributed by atoms with Crippen LogP contribution in [0.2, 0.25) is 0 Å². The van der Waals surface area contributed by atoms with Crippen LogP contribution in [0.1, 0.15) is 41.7 Å². The number of fused-ring (bicyclic) bond motifs is 1. The van der Waals surface area contributed by atoms with Crippen molar-refractivity contribution in [3.8, 4) is 0 Å². The van der Waals surface area contributed by atoms with Crippen LogP contribution in [0.25, 0.3) is 5.65 Å². The van der Waals surface area contributed by atoms with Gasteiger partial charge in [-0.3, -0.25) is 0 Å². The molecule has 0 spiro atoms. The van der Waals surface area contributed by atoms with Crippen LogP contribution in [0.15, 0.2) is 42.7 Å². The second-order valence-corrected chi connectivity index (χ2v) is 6.24. The van der Waals surface area contributed by atoms with Crippen molar-refractivity contribution in [2.24, 2.45) is 0 Å². The lowest BCUT2D eigenvalue weighted by Gasteiger charge is -2.26. The monoisotopic (exact) mass is 354 g/mol. The predicted octanol–water partition coefficient (Wildman–Crippen LogP) is 3.39. The molecule has 6 nitrogen and oxygen atoms in total. The van der Waals surface area contributed by atoms with E-state index < -0.39 is 5.97 Å². The Labute approximate surface area is 150 Å². The SMILES string of the molecule is CCOC(=O)c1cnn2ccc(N3CCCC3c3ccc(F)cc3)nc12. The molecule has 0 amide bonds. The number of carbonyl (C=O) groups excluding carboxylic acids is 1. The fraction of sp³-hybridized carbons (Fsp3) is 0.316. The first kappa shape index (κ1) is 16.5. The molecule has 1 saturated heterocycles. The summed E-state index contributed by atoms with van der Waals surface area (Å²) in [7, 11) is 0. The van der Waals surface area contributed by atoms with E-state index in [4.69, 9.17) is 4.74 Å². The van der Waals surface area contributed by atoms with E-state index in [-0.39, 0.29) is 11.9 Å². The third kappa shape index (κ3) is 2.89. The van der Waals surface area contributed by atoms with Gasteiger partial charge in [-0.1, -0.05) is 12.1 Å². The Balaban J connectivity index is 1.70. The zero-order valence-electron chi connectivity index (χ0n) is 14.4. The maximum absolute atomic E-state index is 13.2. The highest BCUT2D eigenvalue weighted by Gasteiger charge is 2.28. The second-order valence-electron chi connectivity index (χ2n) is 6.24. The number of ether oxygens (including phenoxy) is 1. The molecule has 1 aliphatic heterocycles. The summed E-state index contributed by atoms with van der Waals surface area (Å²) >= 11 is 0. The number of benzene rings is 1. The Morgan fingerprint density at radius 1 is 1.31 bits per heavy atom. The molecule has 3 aromatic rings. The first-order chi connectivity index (χ1) is 12.7. The molecule has 26 heavy (non-hydrogen) atoms. The topological polar surface area (TPSA) is 59.7 Å². The fourth-order valence-electron chi connectivity index (χ4n) is 3.44. The van der Waals surface area contributed by atoms with E-state index in [9.17, 15) is 9.18 Å². The maximum atomic E-state index is 13.2. The highest BCUT2D eigenvalue weighted by atomic mass is 19.1. The van der Waals surface area contributed by atoms with Crippen molar-refractivity contribution in [3.63, 3.8) is 0 Å². The minimum atomic E-state index is -0.427. The number of halogens is 1. The van der Waals surface area contributed by atoms with E-state index in [1.807, 2.05) is 18.2 Å². The van der Waals surface area contributed by atoms with Crippen molar-refractivity contribution in [2.45, 2.75) is 25.8 Å². The van der Waals surface area contributed by atoms with Crippen LogP contribution >= 0.6 is 0 Å². The molecule has 0 radical (unpaired) electrons. The molecule has 134 valence electrons. The van der Waals surface area contributed by atoms with Crippen LogP contribution in [-0.2, 0) is 4.74 Å². The molecule has 0 aliphatic carbocycles. The number of hydrogen-bond donors (Lipinski definition) is 0. The summed E-state index contributed by atoms with van der Waals surface area (Å²) in [4.78, 5) is 19.0. The summed E-state index contributed by atoms with van der Waals surface area (Å²) < 4.78 is 19.9. The Bertz CT molecular complexity index is 938. The molecule has 2 aromatic heterocycles. The lowest BCUT2D eigenvalue weighted by Crippen LogP contribution is -2.24. The minimum Gasteiger partial charge on any atom is -0.462 e. The number of carbonyl (C=O) groups is 1. The molecule has 4 rings (SSSR count). The van der Waals surface area contributed by atoms with Crippen molar-refractivity contribution in [3.05, 3.63) is 59.7 Å². The Morgan fingerprint density at radius 2 is 2.12 bits per heavy atom. The van der Waals surface area contributed by atoms with Gasteiger partial charge in [0.1, 0.15) is 17.2 Å². The lowest BCUT2D eigenvalue weighted by molar-refractivity contribution is 0.0528. The molecule has 1 aromatic carbocycles. The third-order valence-electron chi connectivity index (χ3n) is 4.65. The summed E-state index contributed by atoms with van der Waals surface area (Å²) in [5, 5.41) is 4.17. The van der Waals surface area contributed by atoms with E-state index in [0.717, 1.165) is 30.8 Å². The Kier molecular flexibility index (Phi) is 4.28. The standard InChI is InChI=1S/C19H19FN4O2/c1-2-26-19(25)15-12-21-24-11-9-17(22-18(15)24)23-10-3-4-16(23)13-5-7-14(20)8-6-13/h5-9,11-12,16H,2-4,10H2,1H3. The first-order valence-electron chi connectivity index (χ1n) is 8.71. The van der Waals surface area contributed by atoms with E-state index in [1.54, 1.807) is 17.6 Å². The molecule has 1 unspecified atom stereocenters. The third-order valence-corrected chi connectivity index (χ3v) is 4.65. The molecule has 1 fully saturated rings. The molecule has 7 heteroatoms. The van der Waals surface area contributed by atoms with Crippen molar-refractivity contribution in [1.29, 1.82) is 0 Å². The molecule has 1 atom stereocenters. The van der Waals surface area contributed by atoms with Gasteiger partial charge in [0.25, 0.3) is 0 Å². The number of anilines is 1. The highest BCUT2D eigenvalue weighted by molar-refractivity contribution is 5.95. The average Bonchev–Trinajstić information content (AvgIpc) is 3.29. The maximum Gasteiger partial charge on any atom is 0.343 e. The molecule has 1 aliphatic rings. The van der Waals surface area contributed by atoms with Gasteiger partial charge in [-0.15, -0.1) is 0 Å². The summed E-state index contributed by atoms with van der Waals surface area (Å²) in [6, 6.07) is 8.63. The zero-order chi connectivity index (χ0) is 18.1. The molecule has 0 N–H and O–H groups in total. The van der Waals surface area contributed by atoms with Gasteiger partial charge >= 0.3 is 5.97 Å². The molecular formula is C19H19FN4O2. The Hall–Kier alpha value is -2.96. The van der Waals surface area contributed by atoms with Gasteiger partial charge in [-0.2, -0.15) is 5.10 Å². The fourth-order valence-corrected chi connectivity index (χ4v) is 3.44. The first-order valence-corrected chi connectivity index (χ1v) is 8.71. The van der Waals surface area contributed by atoms with Gasteiger partial charge < -0.3 is 9.64 Å². The van der Waals surface area contributed by atoms with E-state index in [1.165, 1.54) is 18.3 Å². The van der Waals surface area contributed by atoms with Gasteiger partial charge in [-0.25, -0.2) is 18.7 Å². The quantitative estimate of drug-likeness (QED) is 0.672. The summed E-state index contributed by atoms with van der Waals surface area (Å²) in [6.07, 6.45) is 5.27. The second kappa shape index (κ2) is 6.74. The van der Waals surface area contributed by atoms with Crippen LogP contribution in [-0.4, -0.2) is 33.7 Å². The van der Waals surface area contributed by atoms with Crippen molar-refractivity contribution < 1.29 is 13.9 Å². The predicted molar refractivity (Wildman–Crippen MR) is 94.7 cm³/mol. The average molecular weight is 354 g/mol. The van der Waals surface area contributed by atoms with Gasteiger partial charge in [-0.05, 0) is 43.5 Å². The number of esters is 1. The largest absolute Gasteiger partial charge is 0.462 e. The number of rotatable bonds is 4. The molecule has 0 bridgehead atoms.